The average Bonchev–Trinajstić information content (AvgIpc) is 2.44. The first-order valence-electron chi connectivity index (χ1n) is 6.13. The zero-order chi connectivity index (χ0) is 14.4. The van der Waals surface area contributed by atoms with Gasteiger partial charge in [-0.3, -0.25) is 0 Å². The Morgan fingerprint density at radius 2 is 1.80 bits per heavy atom. The molecule has 0 fully saturated rings. The van der Waals surface area contributed by atoms with Gasteiger partial charge in [0.15, 0.2) is 5.16 Å². The Morgan fingerprint density at radius 1 is 1.05 bits per heavy atom. The second-order valence-corrected chi connectivity index (χ2v) is 5.22. The topological polar surface area (TPSA) is 25.8 Å². The summed E-state index contributed by atoms with van der Waals surface area (Å²) in [5, 5.41) is 0.174. The number of aryl methyl sites for hydroxylation is 1. The average molecular weight is 298 g/mol. The van der Waals surface area contributed by atoms with E-state index in [4.69, 9.17) is 0 Å². The largest absolute Gasteiger partial charge is 0.433 e. The van der Waals surface area contributed by atoms with E-state index in [-0.39, 0.29) is 5.16 Å². The summed E-state index contributed by atoms with van der Waals surface area (Å²) in [7, 11) is 0. The Morgan fingerprint density at radius 3 is 2.50 bits per heavy atom. The lowest BCUT2D eigenvalue weighted by atomic mass is 10.1. The number of alkyl halides is 3. The van der Waals surface area contributed by atoms with Crippen molar-refractivity contribution in [3.05, 3.63) is 53.9 Å². The minimum Gasteiger partial charge on any atom is -0.231 e. The highest BCUT2D eigenvalue weighted by molar-refractivity contribution is 7.99. The van der Waals surface area contributed by atoms with E-state index < -0.39 is 11.9 Å². The van der Waals surface area contributed by atoms with Gasteiger partial charge in [-0.15, -0.1) is 0 Å². The molecule has 0 unspecified atom stereocenters. The summed E-state index contributed by atoms with van der Waals surface area (Å²) < 4.78 is 37.4. The minimum atomic E-state index is -4.41. The number of hydrogen-bond donors (Lipinski definition) is 0. The summed E-state index contributed by atoms with van der Waals surface area (Å²) in [5.41, 5.74) is 0.330. The molecule has 1 heterocycles. The van der Waals surface area contributed by atoms with Crippen LogP contribution in [0.2, 0.25) is 0 Å². The molecule has 106 valence electrons. The summed E-state index contributed by atoms with van der Waals surface area (Å²) in [5.74, 6) is 0.691. The molecule has 2 aromatic rings. The van der Waals surface area contributed by atoms with Crippen molar-refractivity contribution in [3.8, 4) is 0 Å². The van der Waals surface area contributed by atoms with Crippen LogP contribution < -0.4 is 0 Å². The molecule has 0 N–H and O–H groups in total. The number of aromatic nitrogens is 2. The van der Waals surface area contributed by atoms with Gasteiger partial charge in [0.05, 0.1) is 0 Å². The number of hydrogen-bond acceptors (Lipinski definition) is 3. The first kappa shape index (κ1) is 14.8. The van der Waals surface area contributed by atoms with Crippen molar-refractivity contribution in [1.29, 1.82) is 0 Å². The van der Waals surface area contributed by atoms with Crippen molar-refractivity contribution in [1.82, 2.24) is 9.97 Å². The van der Waals surface area contributed by atoms with Crippen LogP contribution in [-0.2, 0) is 12.6 Å². The third-order valence-corrected chi connectivity index (χ3v) is 3.56. The molecule has 1 aromatic heterocycles. The van der Waals surface area contributed by atoms with Crippen LogP contribution in [0.1, 0.15) is 17.7 Å². The van der Waals surface area contributed by atoms with E-state index in [9.17, 15) is 13.2 Å². The minimum absolute atomic E-state index is 0.174. The Hall–Kier alpha value is -1.56. The lowest BCUT2D eigenvalue weighted by Crippen LogP contribution is -2.08. The molecule has 0 bridgehead atoms. The van der Waals surface area contributed by atoms with Gasteiger partial charge in [0.25, 0.3) is 0 Å². The number of rotatable bonds is 5. The quantitative estimate of drug-likeness (QED) is 0.469. The molecule has 0 radical (unpaired) electrons. The summed E-state index contributed by atoms with van der Waals surface area (Å²) in [6.45, 7) is 0. The lowest BCUT2D eigenvalue weighted by Gasteiger charge is -2.06. The van der Waals surface area contributed by atoms with E-state index in [1.807, 2.05) is 30.3 Å². The van der Waals surface area contributed by atoms with Gasteiger partial charge >= 0.3 is 6.18 Å². The van der Waals surface area contributed by atoms with Crippen LogP contribution in [-0.4, -0.2) is 15.7 Å². The monoisotopic (exact) mass is 298 g/mol. The summed E-state index contributed by atoms with van der Waals surface area (Å²) in [6, 6.07) is 10.8. The van der Waals surface area contributed by atoms with Crippen LogP contribution in [0.15, 0.2) is 47.8 Å². The fraction of sp³-hybridized carbons (Fsp3) is 0.286. The molecular weight excluding hydrogens is 285 g/mol. The van der Waals surface area contributed by atoms with Crippen molar-refractivity contribution in [2.45, 2.75) is 24.2 Å². The van der Waals surface area contributed by atoms with Gasteiger partial charge in [0.2, 0.25) is 0 Å². The van der Waals surface area contributed by atoms with Crippen LogP contribution in [0.4, 0.5) is 13.2 Å². The van der Waals surface area contributed by atoms with Crippen molar-refractivity contribution < 1.29 is 13.2 Å². The molecular formula is C14H13F3N2S. The molecule has 0 amide bonds. The molecule has 0 aliphatic heterocycles. The molecule has 1 aromatic carbocycles. The van der Waals surface area contributed by atoms with E-state index in [2.05, 4.69) is 9.97 Å². The summed E-state index contributed by atoms with van der Waals surface area (Å²) >= 11 is 1.25. The second kappa shape index (κ2) is 6.74. The highest BCUT2D eigenvalue weighted by Gasteiger charge is 2.32. The lowest BCUT2D eigenvalue weighted by molar-refractivity contribution is -0.141. The molecule has 0 aliphatic carbocycles. The van der Waals surface area contributed by atoms with E-state index in [0.29, 0.717) is 5.75 Å². The van der Waals surface area contributed by atoms with Crippen LogP contribution in [0, 0.1) is 0 Å². The van der Waals surface area contributed by atoms with E-state index in [0.717, 1.165) is 25.1 Å². The van der Waals surface area contributed by atoms with E-state index in [1.54, 1.807) is 0 Å². The normalized spacial score (nSPS) is 11.6. The third-order valence-electron chi connectivity index (χ3n) is 2.61. The zero-order valence-electron chi connectivity index (χ0n) is 10.6. The van der Waals surface area contributed by atoms with Crippen LogP contribution in [0.25, 0.3) is 0 Å². The Kier molecular flexibility index (Phi) is 5.00. The molecule has 0 atom stereocenters. The van der Waals surface area contributed by atoms with Crippen molar-refractivity contribution in [2.24, 2.45) is 0 Å². The Balaban J connectivity index is 1.83. The van der Waals surface area contributed by atoms with Gasteiger partial charge in [-0.1, -0.05) is 42.1 Å². The Labute approximate surface area is 119 Å². The van der Waals surface area contributed by atoms with Crippen molar-refractivity contribution >= 4 is 11.8 Å². The van der Waals surface area contributed by atoms with Crippen LogP contribution >= 0.6 is 11.8 Å². The third kappa shape index (κ3) is 4.52. The van der Waals surface area contributed by atoms with Gasteiger partial charge in [0, 0.05) is 11.9 Å². The summed E-state index contributed by atoms with van der Waals surface area (Å²) in [6.07, 6.45) is -1.50. The van der Waals surface area contributed by atoms with Gasteiger partial charge in [0.1, 0.15) is 5.69 Å². The predicted octanol–water partition coefficient (Wildman–Crippen LogP) is 4.22. The number of halogens is 3. The van der Waals surface area contributed by atoms with E-state index in [1.165, 1.54) is 17.3 Å². The molecule has 0 aliphatic rings. The maximum Gasteiger partial charge on any atom is 0.433 e. The highest BCUT2D eigenvalue weighted by atomic mass is 32.2. The highest BCUT2D eigenvalue weighted by Crippen LogP contribution is 2.28. The van der Waals surface area contributed by atoms with Gasteiger partial charge in [-0.2, -0.15) is 13.2 Å². The zero-order valence-corrected chi connectivity index (χ0v) is 11.4. The van der Waals surface area contributed by atoms with Crippen LogP contribution in [0.3, 0.4) is 0 Å². The predicted molar refractivity (Wildman–Crippen MR) is 72.5 cm³/mol. The number of thioether (sulfide) groups is 1. The molecule has 20 heavy (non-hydrogen) atoms. The van der Waals surface area contributed by atoms with Gasteiger partial charge in [-0.25, -0.2) is 9.97 Å². The number of nitrogens with zero attached hydrogens (tertiary/aromatic N) is 2. The molecule has 2 rings (SSSR count). The van der Waals surface area contributed by atoms with E-state index >= 15 is 0 Å². The molecule has 2 nitrogen and oxygen atoms in total. The van der Waals surface area contributed by atoms with Crippen molar-refractivity contribution in [3.63, 3.8) is 0 Å². The molecule has 0 saturated heterocycles. The van der Waals surface area contributed by atoms with Gasteiger partial charge < -0.3 is 0 Å². The second-order valence-electron chi connectivity index (χ2n) is 4.16. The SMILES string of the molecule is FC(F)(F)c1ccnc(SCCCc2ccccc2)n1. The molecule has 0 spiro atoms. The van der Waals surface area contributed by atoms with Crippen LogP contribution in [0.5, 0.6) is 0 Å². The maximum atomic E-state index is 12.5. The molecule has 6 heteroatoms. The smallest absolute Gasteiger partial charge is 0.231 e. The van der Waals surface area contributed by atoms with Crippen molar-refractivity contribution in [2.75, 3.05) is 5.75 Å². The maximum absolute atomic E-state index is 12.5. The fourth-order valence-corrected chi connectivity index (χ4v) is 2.42. The fourth-order valence-electron chi connectivity index (χ4n) is 1.65. The summed E-state index contributed by atoms with van der Waals surface area (Å²) in [4.78, 5) is 7.36. The first-order chi connectivity index (χ1) is 9.55. The van der Waals surface area contributed by atoms with Gasteiger partial charge in [-0.05, 0) is 24.5 Å². The molecule has 0 saturated carbocycles. The first-order valence-corrected chi connectivity index (χ1v) is 7.11. The Bertz CT molecular complexity index is 544. The number of benzene rings is 1. The standard InChI is InChI=1S/C14H13F3N2S/c15-14(16,17)12-8-9-18-13(19-12)20-10-4-7-11-5-2-1-3-6-11/h1-3,5-6,8-9H,4,7,10H2.